The number of anilines is 1. The number of H-pyrrole nitrogens is 1. The molecule has 138 valence electrons. The largest absolute Gasteiger partial charge is 0.381 e. The van der Waals surface area contributed by atoms with Gasteiger partial charge in [0.05, 0.1) is 6.33 Å². The van der Waals surface area contributed by atoms with Crippen LogP contribution in [0.25, 0.3) is 11.3 Å². The third-order valence-electron chi connectivity index (χ3n) is 4.82. The number of piperidine rings is 1. The van der Waals surface area contributed by atoms with Gasteiger partial charge in [0, 0.05) is 30.4 Å². The van der Waals surface area contributed by atoms with E-state index in [2.05, 4.69) is 15.3 Å². The second kappa shape index (κ2) is 7.61. The van der Waals surface area contributed by atoms with Gasteiger partial charge in [-0.3, -0.25) is 4.79 Å². The van der Waals surface area contributed by atoms with Crippen molar-refractivity contribution in [2.24, 2.45) is 0 Å². The number of likely N-dealkylation sites (tertiary alicyclic amines) is 1. The number of hydrogen-bond acceptors (Lipinski definition) is 3. The van der Waals surface area contributed by atoms with E-state index in [4.69, 9.17) is 0 Å². The number of imidazole rings is 1. The van der Waals surface area contributed by atoms with Gasteiger partial charge in [-0.25, -0.2) is 9.37 Å². The van der Waals surface area contributed by atoms with Gasteiger partial charge in [0.25, 0.3) is 5.91 Å². The normalized spacial score (nSPS) is 16.9. The molecule has 0 bridgehead atoms. The molecule has 0 aliphatic carbocycles. The monoisotopic (exact) mass is 364 g/mol. The Bertz CT molecular complexity index is 907. The van der Waals surface area contributed by atoms with Crippen LogP contribution >= 0.6 is 0 Å². The Hall–Kier alpha value is -3.15. The number of amides is 1. The highest BCUT2D eigenvalue weighted by atomic mass is 19.1. The molecule has 4 rings (SSSR count). The Labute approximate surface area is 157 Å². The van der Waals surface area contributed by atoms with Crippen LogP contribution in [0.5, 0.6) is 0 Å². The van der Waals surface area contributed by atoms with E-state index in [0.717, 1.165) is 24.1 Å². The maximum atomic E-state index is 13.1. The number of halogens is 1. The van der Waals surface area contributed by atoms with Crippen molar-refractivity contribution in [2.45, 2.75) is 18.9 Å². The fraction of sp³-hybridized carbons (Fsp3) is 0.238. The first kappa shape index (κ1) is 17.3. The van der Waals surface area contributed by atoms with Crippen molar-refractivity contribution in [3.63, 3.8) is 0 Å². The molecule has 3 aromatic rings. The summed E-state index contributed by atoms with van der Waals surface area (Å²) in [6.45, 7) is 1.32. The zero-order valence-electron chi connectivity index (χ0n) is 14.9. The van der Waals surface area contributed by atoms with Crippen LogP contribution in [-0.2, 0) is 0 Å². The summed E-state index contributed by atoms with van der Waals surface area (Å²) in [7, 11) is 0. The molecule has 0 radical (unpaired) electrons. The lowest BCUT2D eigenvalue weighted by Crippen LogP contribution is -2.45. The standard InChI is InChI=1S/C21H21FN4O/c22-16-8-10-17(11-9-16)25-18-7-4-12-26(13-18)21(27)20-19(23-14-24-20)15-5-2-1-3-6-15/h1-3,5-6,8-11,14,18,25H,4,7,12-13H2,(H,23,24)/t18-/m1/s1. The average Bonchev–Trinajstić information content (AvgIpc) is 3.20. The minimum absolute atomic E-state index is 0.0445. The number of aromatic nitrogens is 2. The first-order valence-corrected chi connectivity index (χ1v) is 9.11. The fourth-order valence-electron chi connectivity index (χ4n) is 3.49. The van der Waals surface area contributed by atoms with Gasteiger partial charge in [-0.05, 0) is 37.1 Å². The molecule has 1 amide bonds. The van der Waals surface area contributed by atoms with E-state index < -0.39 is 0 Å². The Morgan fingerprint density at radius 1 is 1.15 bits per heavy atom. The molecule has 1 fully saturated rings. The van der Waals surface area contributed by atoms with E-state index in [1.54, 1.807) is 18.5 Å². The fourth-order valence-corrected chi connectivity index (χ4v) is 3.49. The lowest BCUT2D eigenvalue weighted by Gasteiger charge is -2.33. The molecule has 2 N–H and O–H groups in total. The molecule has 0 spiro atoms. The number of benzene rings is 2. The van der Waals surface area contributed by atoms with Gasteiger partial charge >= 0.3 is 0 Å². The van der Waals surface area contributed by atoms with Crippen molar-refractivity contribution in [1.29, 1.82) is 0 Å². The van der Waals surface area contributed by atoms with Gasteiger partial charge in [0.1, 0.15) is 17.2 Å². The number of nitrogens with one attached hydrogen (secondary N) is 2. The summed E-state index contributed by atoms with van der Waals surface area (Å²) in [5.41, 5.74) is 2.97. The molecule has 1 aliphatic rings. The van der Waals surface area contributed by atoms with Crippen LogP contribution < -0.4 is 5.32 Å². The zero-order valence-corrected chi connectivity index (χ0v) is 14.9. The van der Waals surface area contributed by atoms with E-state index in [-0.39, 0.29) is 17.8 Å². The molecule has 1 saturated heterocycles. The number of rotatable bonds is 4. The predicted octanol–water partition coefficient (Wildman–Crippen LogP) is 3.93. The smallest absolute Gasteiger partial charge is 0.272 e. The molecule has 2 aromatic carbocycles. The van der Waals surface area contributed by atoms with Crippen molar-refractivity contribution in [3.05, 3.63) is 72.4 Å². The maximum Gasteiger partial charge on any atom is 0.272 e. The SMILES string of the molecule is O=C(c1[nH]cnc1-c1ccccc1)N1CCC[C@@H](Nc2ccc(F)cc2)C1. The average molecular weight is 364 g/mol. The molecule has 2 heterocycles. The Morgan fingerprint density at radius 2 is 1.93 bits per heavy atom. The van der Waals surface area contributed by atoms with Crippen LogP contribution in [0.2, 0.25) is 0 Å². The van der Waals surface area contributed by atoms with Crippen LogP contribution in [0.15, 0.2) is 60.9 Å². The summed E-state index contributed by atoms with van der Waals surface area (Å²) >= 11 is 0. The van der Waals surface area contributed by atoms with Crippen LogP contribution in [0.4, 0.5) is 10.1 Å². The molecule has 6 heteroatoms. The van der Waals surface area contributed by atoms with Crippen molar-refractivity contribution >= 4 is 11.6 Å². The van der Waals surface area contributed by atoms with E-state index in [9.17, 15) is 9.18 Å². The summed E-state index contributed by atoms with van der Waals surface area (Å²) in [6.07, 6.45) is 3.45. The van der Waals surface area contributed by atoms with Crippen molar-refractivity contribution in [3.8, 4) is 11.3 Å². The van der Waals surface area contributed by atoms with Crippen molar-refractivity contribution < 1.29 is 9.18 Å². The third-order valence-corrected chi connectivity index (χ3v) is 4.82. The summed E-state index contributed by atoms with van der Waals surface area (Å²) < 4.78 is 13.1. The van der Waals surface area contributed by atoms with E-state index in [0.29, 0.717) is 24.5 Å². The van der Waals surface area contributed by atoms with Gasteiger partial charge in [-0.15, -0.1) is 0 Å². The number of carbonyl (C=O) groups excluding carboxylic acids is 1. The highest BCUT2D eigenvalue weighted by Crippen LogP contribution is 2.23. The Kier molecular flexibility index (Phi) is 4.87. The molecular weight excluding hydrogens is 343 g/mol. The molecule has 5 nitrogen and oxygen atoms in total. The van der Waals surface area contributed by atoms with E-state index in [1.807, 2.05) is 35.2 Å². The van der Waals surface area contributed by atoms with Crippen molar-refractivity contribution in [1.82, 2.24) is 14.9 Å². The summed E-state index contributed by atoms with van der Waals surface area (Å²) in [5, 5.41) is 3.40. The van der Waals surface area contributed by atoms with Gasteiger partial charge in [-0.1, -0.05) is 30.3 Å². The Balaban J connectivity index is 1.48. The van der Waals surface area contributed by atoms with Gasteiger partial charge in [0.2, 0.25) is 0 Å². The maximum absolute atomic E-state index is 13.1. The van der Waals surface area contributed by atoms with Gasteiger partial charge in [-0.2, -0.15) is 0 Å². The van der Waals surface area contributed by atoms with Crippen molar-refractivity contribution in [2.75, 3.05) is 18.4 Å². The highest BCUT2D eigenvalue weighted by molar-refractivity contribution is 5.98. The van der Waals surface area contributed by atoms with Crippen LogP contribution in [-0.4, -0.2) is 39.9 Å². The minimum atomic E-state index is -0.256. The summed E-state index contributed by atoms with van der Waals surface area (Å²) in [6, 6.07) is 16.1. The lowest BCUT2D eigenvalue weighted by molar-refractivity contribution is 0.0710. The molecule has 1 atom stereocenters. The third kappa shape index (κ3) is 3.84. The number of nitrogens with zero attached hydrogens (tertiary/aromatic N) is 2. The number of hydrogen-bond donors (Lipinski definition) is 2. The van der Waals surface area contributed by atoms with Gasteiger partial charge in [0.15, 0.2) is 0 Å². The van der Waals surface area contributed by atoms with Crippen LogP contribution in [0.1, 0.15) is 23.3 Å². The quantitative estimate of drug-likeness (QED) is 0.737. The number of carbonyl (C=O) groups is 1. The summed E-state index contributed by atoms with van der Waals surface area (Å²) in [4.78, 5) is 22.3. The van der Waals surface area contributed by atoms with E-state index >= 15 is 0 Å². The molecule has 1 aliphatic heterocycles. The molecule has 27 heavy (non-hydrogen) atoms. The first-order chi connectivity index (χ1) is 13.2. The van der Waals surface area contributed by atoms with E-state index in [1.165, 1.54) is 12.1 Å². The lowest BCUT2D eigenvalue weighted by atomic mass is 10.0. The Morgan fingerprint density at radius 3 is 2.70 bits per heavy atom. The topological polar surface area (TPSA) is 61.0 Å². The van der Waals surface area contributed by atoms with Crippen LogP contribution in [0, 0.1) is 5.82 Å². The highest BCUT2D eigenvalue weighted by Gasteiger charge is 2.27. The first-order valence-electron chi connectivity index (χ1n) is 9.11. The second-order valence-electron chi connectivity index (χ2n) is 6.73. The minimum Gasteiger partial charge on any atom is -0.381 e. The molecule has 0 saturated carbocycles. The predicted molar refractivity (Wildman–Crippen MR) is 103 cm³/mol. The van der Waals surface area contributed by atoms with Gasteiger partial charge < -0.3 is 15.2 Å². The molecule has 0 unspecified atom stereocenters. The second-order valence-corrected chi connectivity index (χ2v) is 6.73. The number of aromatic amines is 1. The zero-order chi connectivity index (χ0) is 18.6. The molecular formula is C21H21FN4O. The summed E-state index contributed by atoms with van der Waals surface area (Å²) in [5.74, 6) is -0.300. The molecule has 1 aromatic heterocycles. The van der Waals surface area contributed by atoms with Crippen LogP contribution in [0.3, 0.4) is 0 Å².